The third-order valence-electron chi connectivity index (χ3n) is 10.3. The summed E-state index contributed by atoms with van der Waals surface area (Å²) in [5, 5.41) is 1.62. The summed E-state index contributed by atoms with van der Waals surface area (Å²) in [5.41, 5.74) is 6.67. The molecule has 0 aliphatic rings. The van der Waals surface area contributed by atoms with Crippen LogP contribution in [0.25, 0.3) is 71.6 Å². The molecule has 0 unspecified atom stereocenters. The Bertz CT molecular complexity index is 2730. The maximum Gasteiger partial charge on any atom is 0.113 e. The Hall–Kier alpha value is -4.63. The van der Waals surface area contributed by atoms with Gasteiger partial charge in [-0.15, -0.1) is 32.8 Å². The first-order valence-corrected chi connectivity index (χ1v) is 17.1. The van der Waals surface area contributed by atoms with Crippen molar-refractivity contribution in [2.45, 2.75) is 5.11 Å². The SMILES string of the molecule is [B]c1c([B])c([B])c(-c2cc(-c3c([B])c([B])c([B])c([B])c3[B])cc(-c3c4ccccc4c(-n4c(C([B])([B])[B])nc5ccccc54)c4ccccc34)c2)c([B])c1[B]. The van der Waals surface area contributed by atoms with Crippen LogP contribution in [0.4, 0.5) is 0 Å². The predicted molar refractivity (Wildman–Crippen MR) is 245 cm³/mol. The van der Waals surface area contributed by atoms with Crippen LogP contribution in [-0.2, 0) is 5.11 Å². The molecular formula is C40H15B13N2. The molecule has 0 N–H and O–H groups in total. The van der Waals surface area contributed by atoms with E-state index in [2.05, 4.69) is 0 Å². The van der Waals surface area contributed by atoms with Gasteiger partial charge in [-0.3, -0.25) is 4.57 Å². The highest BCUT2D eigenvalue weighted by Crippen LogP contribution is 2.44. The van der Waals surface area contributed by atoms with E-state index in [1.165, 1.54) is 0 Å². The number of aromatic nitrogens is 2. The molecule has 8 aromatic rings. The first kappa shape index (κ1) is 37.3. The number of para-hydroxylation sites is 2. The summed E-state index contributed by atoms with van der Waals surface area (Å²) in [7, 11) is 83.7. The number of fused-ring (bicyclic) bond motifs is 3. The van der Waals surface area contributed by atoms with Crippen molar-refractivity contribution >= 4 is 189 Å². The monoisotopic (exact) mass is 666 g/mol. The van der Waals surface area contributed by atoms with E-state index in [4.69, 9.17) is 107 Å². The minimum atomic E-state index is -1.78. The van der Waals surface area contributed by atoms with Crippen molar-refractivity contribution in [2.75, 3.05) is 0 Å². The van der Waals surface area contributed by atoms with E-state index in [1.807, 2.05) is 95.6 Å². The van der Waals surface area contributed by atoms with Crippen molar-refractivity contribution in [3.05, 3.63) is 96.8 Å². The number of rotatable bonds is 5. The van der Waals surface area contributed by atoms with Gasteiger partial charge in [0.1, 0.15) is 78.5 Å². The summed E-state index contributed by atoms with van der Waals surface area (Å²) < 4.78 is 1.92. The fourth-order valence-electron chi connectivity index (χ4n) is 7.58. The highest BCUT2D eigenvalue weighted by molar-refractivity contribution is 6.70. The Morgan fingerprint density at radius 1 is 0.400 bits per heavy atom. The molecule has 0 saturated carbocycles. The average Bonchev–Trinajstić information content (AvgIpc) is 3.57. The molecule has 0 aliphatic carbocycles. The predicted octanol–water partition coefficient (Wildman–Crippen LogP) is -3.11. The van der Waals surface area contributed by atoms with Crippen LogP contribution in [0.3, 0.4) is 0 Å². The van der Waals surface area contributed by atoms with Crippen LogP contribution in [0.1, 0.15) is 5.82 Å². The lowest BCUT2D eigenvalue weighted by molar-refractivity contribution is 0.939. The van der Waals surface area contributed by atoms with Gasteiger partial charge in [0, 0.05) is 10.8 Å². The van der Waals surface area contributed by atoms with E-state index in [9.17, 15) is 0 Å². The molecular weight excluding hydrogens is 649 g/mol. The molecule has 2 nitrogen and oxygen atoms in total. The summed E-state index contributed by atoms with van der Waals surface area (Å²) in [5.74, 6) is 0.273. The lowest BCUT2D eigenvalue weighted by atomic mass is 9.42. The molecule has 0 spiro atoms. The Morgan fingerprint density at radius 3 is 1.16 bits per heavy atom. The second-order valence-electron chi connectivity index (χ2n) is 13.7. The van der Waals surface area contributed by atoms with Crippen LogP contribution < -0.4 is 54.6 Å². The van der Waals surface area contributed by atoms with E-state index >= 15 is 0 Å². The number of hydrogen-bond acceptors (Lipinski definition) is 1. The van der Waals surface area contributed by atoms with E-state index in [1.54, 1.807) is 0 Å². The first-order valence-electron chi connectivity index (χ1n) is 17.1. The fraction of sp³-hybridized carbons (Fsp3) is 0.0250. The minimum Gasteiger partial charge on any atom is -0.296 e. The van der Waals surface area contributed by atoms with E-state index < -0.39 is 5.11 Å². The standard InChI is InChI=1S/C40H15B13N2/c41-28-26(29(42)33(46)36(49)32(28)45)17-13-16(14-18(15-17)27-30(43)34(47)37(50)35(48)31(27)44)25-19-7-1-3-9-21(19)38(22-10-4-2-8-20(22)25)55-24-12-6-5-11-23(24)54-39(55)40(51,52)53/h1-15H. The Balaban J connectivity index is 1.56. The van der Waals surface area contributed by atoms with Gasteiger partial charge in [0.15, 0.2) is 0 Å². The van der Waals surface area contributed by atoms with Crippen molar-refractivity contribution in [3.8, 4) is 39.1 Å². The van der Waals surface area contributed by atoms with Gasteiger partial charge in [0.05, 0.1) is 46.1 Å². The number of benzene rings is 7. The van der Waals surface area contributed by atoms with Gasteiger partial charge in [-0.25, -0.2) is 4.98 Å². The third-order valence-corrected chi connectivity index (χ3v) is 10.3. The summed E-state index contributed by atoms with van der Waals surface area (Å²) in [6, 6.07) is 29.2. The lowest BCUT2D eigenvalue weighted by Gasteiger charge is -2.26. The quantitative estimate of drug-likeness (QED) is 0.141. The van der Waals surface area contributed by atoms with E-state index in [0.717, 1.165) is 38.3 Å². The lowest BCUT2D eigenvalue weighted by Crippen LogP contribution is -2.55. The molecule has 55 heavy (non-hydrogen) atoms. The largest absolute Gasteiger partial charge is 0.296 e. The molecule has 0 amide bonds. The molecule has 1 heterocycles. The maximum absolute atomic E-state index is 6.65. The topological polar surface area (TPSA) is 17.8 Å². The number of imidazole rings is 1. The molecule has 224 valence electrons. The third kappa shape index (κ3) is 5.79. The van der Waals surface area contributed by atoms with Crippen LogP contribution in [0.2, 0.25) is 0 Å². The highest BCUT2D eigenvalue weighted by atomic mass is 15.1. The molecule has 0 fully saturated rings. The average molecular weight is 664 g/mol. The fourth-order valence-corrected chi connectivity index (χ4v) is 7.58. The van der Waals surface area contributed by atoms with Gasteiger partial charge in [0.25, 0.3) is 0 Å². The first-order chi connectivity index (χ1) is 26.1. The highest BCUT2D eigenvalue weighted by Gasteiger charge is 2.27. The molecule has 15 heteroatoms. The smallest absolute Gasteiger partial charge is 0.113 e. The second kappa shape index (κ2) is 13.5. The van der Waals surface area contributed by atoms with Crippen molar-refractivity contribution in [3.63, 3.8) is 0 Å². The van der Waals surface area contributed by atoms with Gasteiger partial charge in [-0.05, 0) is 74.5 Å². The molecule has 0 bridgehead atoms. The molecule has 26 radical (unpaired) electrons. The van der Waals surface area contributed by atoms with Crippen LogP contribution >= 0.6 is 0 Å². The van der Waals surface area contributed by atoms with Gasteiger partial charge in [0.2, 0.25) is 0 Å². The summed E-state index contributed by atoms with van der Waals surface area (Å²) in [4.78, 5) is 4.80. The zero-order chi connectivity index (χ0) is 39.2. The normalized spacial score (nSPS) is 11.9. The second-order valence-corrected chi connectivity index (χ2v) is 13.7. The van der Waals surface area contributed by atoms with Crippen LogP contribution in [-0.4, -0.2) is 112 Å². The number of hydrogen-bond donors (Lipinski definition) is 0. The summed E-state index contributed by atoms with van der Waals surface area (Å²) in [6.07, 6.45) is 0. The van der Waals surface area contributed by atoms with Gasteiger partial charge >= 0.3 is 0 Å². The van der Waals surface area contributed by atoms with E-state index in [0.29, 0.717) is 33.3 Å². The van der Waals surface area contributed by atoms with Crippen molar-refractivity contribution in [2.24, 2.45) is 0 Å². The van der Waals surface area contributed by atoms with Crippen LogP contribution in [0.15, 0.2) is 91.0 Å². The molecule has 0 atom stereocenters. The molecule has 0 aliphatic heterocycles. The van der Waals surface area contributed by atoms with Crippen molar-refractivity contribution in [1.29, 1.82) is 0 Å². The number of nitrogens with zero attached hydrogens (tertiary/aromatic N) is 2. The van der Waals surface area contributed by atoms with Crippen molar-refractivity contribution < 1.29 is 0 Å². The summed E-state index contributed by atoms with van der Waals surface area (Å²) >= 11 is 0. The molecule has 8 rings (SSSR count). The Labute approximate surface area is 338 Å². The van der Waals surface area contributed by atoms with Crippen LogP contribution in [0.5, 0.6) is 0 Å². The summed E-state index contributed by atoms with van der Waals surface area (Å²) in [6.45, 7) is 0. The molecule has 0 saturated heterocycles. The van der Waals surface area contributed by atoms with E-state index in [-0.39, 0.29) is 60.5 Å². The zero-order valence-corrected chi connectivity index (χ0v) is 29.6. The zero-order valence-electron chi connectivity index (χ0n) is 29.6. The van der Waals surface area contributed by atoms with Crippen LogP contribution in [0, 0.1) is 0 Å². The molecule has 1 aromatic heterocycles. The van der Waals surface area contributed by atoms with Gasteiger partial charge < -0.3 is 0 Å². The Kier molecular flexibility index (Phi) is 9.18. The Morgan fingerprint density at radius 2 is 0.745 bits per heavy atom. The van der Waals surface area contributed by atoms with Gasteiger partial charge in [-0.2, -0.15) is 0 Å². The van der Waals surface area contributed by atoms with Gasteiger partial charge in [-0.1, -0.05) is 87.6 Å². The van der Waals surface area contributed by atoms with Crippen molar-refractivity contribution in [1.82, 2.24) is 9.55 Å². The maximum atomic E-state index is 6.65. The molecule has 7 aromatic carbocycles. The minimum absolute atomic E-state index is 0.0816.